The first-order valence-electron chi connectivity index (χ1n) is 6.36. The van der Waals surface area contributed by atoms with Crippen molar-refractivity contribution in [3.05, 3.63) is 42.0 Å². The lowest BCUT2D eigenvalue weighted by Gasteiger charge is -2.13. The third kappa shape index (κ3) is 3.12. The van der Waals surface area contributed by atoms with Gasteiger partial charge in [0.15, 0.2) is 5.75 Å². The third-order valence-corrected chi connectivity index (χ3v) is 2.76. The van der Waals surface area contributed by atoms with Crippen LogP contribution in [0.2, 0.25) is 0 Å². The Labute approximate surface area is 112 Å². The van der Waals surface area contributed by atoms with Gasteiger partial charge in [-0.05, 0) is 25.5 Å². The highest BCUT2D eigenvalue weighted by atomic mass is 19.1. The highest BCUT2D eigenvalue weighted by Gasteiger charge is 2.14. The summed E-state index contributed by atoms with van der Waals surface area (Å²) in [4.78, 5) is 0. The number of rotatable bonds is 5. The van der Waals surface area contributed by atoms with Crippen LogP contribution >= 0.6 is 0 Å². The first-order valence-corrected chi connectivity index (χ1v) is 6.36. The second-order valence-corrected chi connectivity index (χ2v) is 4.48. The van der Waals surface area contributed by atoms with Crippen LogP contribution in [0, 0.1) is 5.82 Å². The van der Waals surface area contributed by atoms with E-state index < -0.39 is 6.04 Å². The van der Waals surface area contributed by atoms with Crippen molar-refractivity contribution in [2.45, 2.75) is 32.9 Å². The maximum absolute atomic E-state index is 13.7. The molecule has 19 heavy (non-hydrogen) atoms. The molecule has 0 amide bonds. The highest BCUT2D eigenvalue weighted by Crippen LogP contribution is 2.30. The number of benzene rings is 1. The number of halogens is 1. The van der Waals surface area contributed by atoms with Crippen LogP contribution in [-0.2, 0) is 6.54 Å². The molecule has 4 nitrogen and oxygen atoms in total. The SMILES string of the molecule is CCCn1cc(Oc2cccc(F)c2[C@H](C)N)cn1. The lowest BCUT2D eigenvalue weighted by Crippen LogP contribution is -2.09. The van der Waals surface area contributed by atoms with Crippen molar-refractivity contribution in [3.8, 4) is 11.5 Å². The van der Waals surface area contributed by atoms with E-state index in [0.29, 0.717) is 17.1 Å². The van der Waals surface area contributed by atoms with Gasteiger partial charge in [-0.2, -0.15) is 5.10 Å². The summed E-state index contributed by atoms with van der Waals surface area (Å²) in [6.07, 6.45) is 4.40. The quantitative estimate of drug-likeness (QED) is 0.901. The fraction of sp³-hybridized carbons (Fsp3) is 0.357. The largest absolute Gasteiger partial charge is 0.454 e. The number of hydrogen-bond acceptors (Lipinski definition) is 3. The summed E-state index contributed by atoms with van der Waals surface area (Å²) in [7, 11) is 0. The van der Waals surface area contributed by atoms with Crippen LogP contribution in [0.15, 0.2) is 30.6 Å². The van der Waals surface area contributed by atoms with Gasteiger partial charge in [-0.25, -0.2) is 4.39 Å². The van der Waals surface area contributed by atoms with Gasteiger partial charge in [-0.3, -0.25) is 4.68 Å². The summed E-state index contributed by atoms with van der Waals surface area (Å²) in [5, 5.41) is 4.17. The topological polar surface area (TPSA) is 53.1 Å². The molecule has 0 saturated carbocycles. The smallest absolute Gasteiger partial charge is 0.165 e. The van der Waals surface area contributed by atoms with E-state index in [9.17, 15) is 4.39 Å². The normalized spacial score (nSPS) is 12.4. The fourth-order valence-electron chi connectivity index (χ4n) is 1.92. The van der Waals surface area contributed by atoms with Crippen molar-refractivity contribution in [3.63, 3.8) is 0 Å². The molecule has 1 atom stereocenters. The summed E-state index contributed by atoms with van der Waals surface area (Å²) in [6, 6.07) is 4.26. The van der Waals surface area contributed by atoms with E-state index >= 15 is 0 Å². The Morgan fingerprint density at radius 1 is 1.47 bits per heavy atom. The third-order valence-electron chi connectivity index (χ3n) is 2.76. The van der Waals surface area contributed by atoms with Gasteiger partial charge in [0, 0.05) is 18.2 Å². The van der Waals surface area contributed by atoms with Crippen LogP contribution in [0.1, 0.15) is 31.9 Å². The summed E-state index contributed by atoms with van der Waals surface area (Å²) in [5.74, 6) is 0.667. The Morgan fingerprint density at radius 2 is 2.26 bits per heavy atom. The van der Waals surface area contributed by atoms with Gasteiger partial charge >= 0.3 is 0 Å². The molecule has 2 N–H and O–H groups in total. The Balaban J connectivity index is 2.25. The molecule has 0 aliphatic rings. The van der Waals surface area contributed by atoms with Crippen molar-refractivity contribution in [2.24, 2.45) is 5.73 Å². The average molecular weight is 263 g/mol. The zero-order valence-corrected chi connectivity index (χ0v) is 11.1. The minimum Gasteiger partial charge on any atom is -0.454 e. The van der Waals surface area contributed by atoms with Gasteiger partial charge in [-0.15, -0.1) is 0 Å². The molecule has 0 saturated heterocycles. The molecule has 0 bridgehead atoms. The Hall–Kier alpha value is -1.88. The molecule has 102 valence electrons. The molecule has 0 aliphatic heterocycles. The summed E-state index contributed by atoms with van der Waals surface area (Å²) in [6.45, 7) is 4.63. The van der Waals surface area contributed by atoms with Crippen LogP contribution in [0.3, 0.4) is 0 Å². The molecule has 2 aromatic rings. The minimum absolute atomic E-state index is 0.353. The van der Waals surface area contributed by atoms with Gasteiger partial charge in [0.05, 0.1) is 12.4 Å². The molecule has 0 unspecified atom stereocenters. The van der Waals surface area contributed by atoms with E-state index in [2.05, 4.69) is 12.0 Å². The first-order chi connectivity index (χ1) is 9.11. The van der Waals surface area contributed by atoms with E-state index in [1.807, 2.05) is 0 Å². The standard InChI is InChI=1S/C14H18FN3O/c1-3-7-18-9-11(8-17-18)19-13-6-4-5-12(15)14(13)10(2)16/h4-6,8-10H,3,7,16H2,1-2H3/t10-/m0/s1. The van der Waals surface area contributed by atoms with E-state index in [-0.39, 0.29) is 5.82 Å². The lowest BCUT2D eigenvalue weighted by molar-refractivity contribution is 0.459. The van der Waals surface area contributed by atoms with Crippen LogP contribution in [0.25, 0.3) is 0 Å². The molecule has 5 heteroatoms. The second-order valence-electron chi connectivity index (χ2n) is 4.48. The number of nitrogens with two attached hydrogens (primary N) is 1. The molecule has 1 heterocycles. The second kappa shape index (κ2) is 5.84. The summed E-state index contributed by atoms with van der Waals surface area (Å²) in [5.41, 5.74) is 6.16. The molecule has 1 aromatic carbocycles. The van der Waals surface area contributed by atoms with Crippen molar-refractivity contribution in [1.29, 1.82) is 0 Å². The van der Waals surface area contributed by atoms with Gasteiger partial charge in [0.2, 0.25) is 0 Å². The summed E-state index contributed by atoms with van der Waals surface area (Å²) < 4.78 is 21.2. The van der Waals surface area contributed by atoms with Crippen molar-refractivity contribution < 1.29 is 9.13 Å². The number of aromatic nitrogens is 2. The predicted molar refractivity (Wildman–Crippen MR) is 71.6 cm³/mol. The molecule has 2 rings (SSSR count). The number of ether oxygens (including phenoxy) is 1. The van der Waals surface area contributed by atoms with E-state index in [4.69, 9.17) is 10.5 Å². The van der Waals surface area contributed by atoms with Crippen molar-refractivity contribution in [2.75, 3.05) is 0 Å². The van der Waals surface area contributed by atoms with E-state index in [1.165, 1.54) is 6.07 Å². The minimum atomic E-state index is -0.429. The Morgan fingerprint density at radius 3 is 2.95 bits per heavy atom. The lowest BCUT2D eigenvalue weighted by atomic mass is 10.1. The monoisotopic (exact) mass is 263 g/mol. The average Bonchev–Trinajstić information content (AvgIpc) is 2.76. The molecular formula is C14H18FN3O. The molecule has 0 aliphatic carbocycles. The van der Waals surface area contributed by atoms with Crippen LogP contribution in [0.4, 0.5) is 4.39 Å². The number of hydrogen-bond donors (Lipinski definition) is 1. The van der Waals surface area contributed by atoms with Gasteiger partial charge in [0.25, 0.3) is 0 Å². The Kier molecular flexibility index (Phi) is 4.16. The highest BCUT2D eigenvalue weighted by molar-refractivity contribution is 5.39. The molecule has 0 radical (unpaired) electrons. The Bertz CT molecular complexity index is 551. The van der Waals surface area contributed by atoms with Crippen molar-refractivity contribution >= 4 is 0 Å². The zero-order chi connectivity index (χ0) is 13.8. The fourth-order valence-corrected chi connectivity index (χ4v) is 1.92. The van der Waals surface area contributed by atoms with E-state index in [1.54, 1.807) is 36.1 Å². The number of nitrogens with zero attached hydrogens (tertiary/aromatic N) is 2. The number of aryl methyl sites for hydroxylation is 1. The maximum Gasteiger partial charge on any atom is 0.165 e. The molecule has 1 aromatic heterocycles. The maximum atomic E-state index is 13.7. The van der Waals surface area contributed by atoms with Crippen LogP contribution in [0.5, 0.6) is 11.5 Å². The van der Waals surface area contributed by atoms with Gasteiger partial charge < -0.3 is 10.5 Å². The van der Waals surface area contributed by atoms with Gasteiger partial charge in [-0.1, -0.05) is 13.0 Å². The van der Waals surface area contributed by atoms with Crippen molar-refractivity contribution in [1.82, 2.24) is 9.78 Å². The first kappa shape index (κ1) is 13.5. The van der Waals surface area contributed by atoms with Gasteiger partial charge in [0.1, 0.15) is 11.6 Å². The zero-order valence-electron chi connectivity index (χ0n) is 11.1. The van der Waals surface area contributed by atoms with E-state index in [0.717, 1.165) is 13.0 Å². The predicted octanol–water partition coefficient (Wildman–Crippen LogP) is 3.24. The molecule has 0 spiro atoms. The molecule has 0 fully saturated rings. The van der Waals surface area contributed by atoms with Crippen LogP contribution in [-0.4, -0.2) is 9.78 Å². The summed E-state index contributed by atoms with van der Waals surface area (Å²) >= 11 is 0. The van der Waals surface area contributed by atoms with Crippen LogP contribution < -0.4 is 10.5 Å². The molecular weight excluding hydrogens is 245 g/mol.